The van der Waals surface area contributed by atoms with Crippen molar-refractivity contribution in [2.45, 2.75) is 59.5 Å². The molecule has 0 aromatic rings. The first kappa shape index (κ1) is 17.2. The van der Waals surface area contributed by atoms with Crippen molar-refractivity contribution >= 4 is 0 Å². The van der Waals surface area contributed by atoms with Crippen molar-refractivity contribution in [1.29, 1.82) is 0 Å². The van der Waals surface area contributed by atoms with E-state index in [1.54, 1.807) is 13.8 Å². The summed E-state index contributed by atoms with van der Waals surface area (Å²) in [6.45, 7) is 8.64. The number of aliphatic hydroxyl groups is 2. The Balaban J connectivity index is 0. The van der Waals surface area contributed by atoms with Gasteiger partial charge in [0.05, 0.1) is 0 Å². The molecule has 0 radical (unpaired) electrons. The molecule has 94 valence electrons. The number of aliphatic hydroxyl groups excluding tert-OH is 2. The molecular formula is C11H26O4. The second-order valence-corrected chi connectivity index (χ2v) is 3.29. The second kappa shape index (κ2) is 13.8. The molecule has 0 bridgehead atoms. The van der Waals surface area contributed by atoms with Crippen LogP contribution in [0.3, 0.4) is 0 Å². The Morgan fingerprint density at radius 1 is 0.867 bits per heavy atom. The SMILES string of the molecule is CCCCOC(C)O.CCCOC(C)O. The third-order valence-corrected chi connectivity index (χ3v) is 1.42. The maximum Gasteiger partial charge on any atom is 0.151 e. The summed E-state index contributed by atoms with van der Waals surface area (Å²) >= 11 is 0. The van der Waals surface area contributed by atoms with Crippen molar-refractivity contribution < 1.29 is 19.7 Å². The monoisotopic (exact) mass is 222 g/mol. The van der Waals surface area contributed by atoms with Gasteiger partial charge in [-0.3, -0.25) is 0 Å². The quantitative estimate of drug-likeness (QED) is 0.510. The molecule has 4 nitrogen and oxygen atoms in total. The van der Waals surface area contributed by atoms with Crippen molar-refractivity contribution in [3.05, 3.63) is 0 Å². The highest BCUT2D eigenvalue weighted by Gasteiger charge is 1.90. The molecule has 0 aliphatic rings. The summed E-state index contributed by atoms with van der Waals surface area (Å²) in [5, 5.41) is 17.0. The van der Waals surface area contributed by atoms with E-state index in [2.05, 4.69) is 6.92 Å². The van der Waals surface area contributed by atoms with Crippen LogP contribution in [0.25, 0.3) is 0 Å². The van der Waals surface area contributed by atoms with Gasteiger partial charge in [0.2, 0.25) is 0 Å². The predicted molar refractivity (Wildman–Crippen MR) is 60.5 cm³/mol. The molecule has 2 N–H and O–H groups in total. The lowest BCUT2D eigenvalue weighted by molar-refractivity contribution is -0.0858. The van der Waals surface area contributed by atoms with Gasteiger partial charge >= 0.3 is 0 Å². The summed E-state index contributed by atoms with van der Waals surface area (Å²) in [6, 6.07) is 0. The van der Waals surface area contributed by atoms with E-state index in [1.807, 2.05) is 6.92 Å². The maximum absolute atomic E-state index is 8.56. The van der Waals surface area contributed by atoms with Crippen LogP contribution < -0.4 is 0 Å². The first-order valence-corrected chi connectivity index (χ1v) is 5.63. The Bertz CT molecular complexity index is 105. The Kier molecular flexibility index (Phi) is 15.9. The van der Waals surface area contributed by atoms with Crippen LogP contribution >= 0.6 is 0 Å². The van der Waals surface area contributed by atoms with Crippen LogP contribution in [-0.4, -0.2) is 36.0 Å². The van der Waals surface area contributed by atoms with Gasteiger partial charge < -0.3 is 19.7 Å². The molecule has 0 aromatic heterocycles. The lowest BCUT2D eigenvalue weighted by atomic mass is 10.4. The van der Waals surface area contributed by atoms with Crippen LogP contribution in [0, 0.1) is 0 Å². The van der Waals surface area contributed by atoms with Gasteiger partial charge in [-0.25, -0.2) is 0 Å². The number of hydrogen-bond donors (Lipinski definition) is 2. The summed E-state index contributed by atoms with van der Waals surface area (Å²) in [6.07, 6.45) is 1.92. The highest BCUT2D eigenvalue weighted by molar-refractivity contribution is 4.31. The van der Waals surface area contributed by atoms with E-state index in [4.69, 9.17) is 19.7 Å². The van der Waals surface area contributed by atoms with Crippen LogP contribution in [0.5, 0.6) is 0 Å². The van der Waals surface area contributed by atoms with E-state index in [0.717, 1.165) is 19.3 Å². The Morgan fingerprint density at radius 3 is 1.60 bits per heavy atom. The van der Waals surface area contributed by atoms with Crippen LogP contribution in [0.1, 0.15) is 47.0 Å². The summed E-state index contributed by atoms with van der Waals surface area (Å²) in [7, 11) is 0. The smallest absolute Gasteiger partial charge is 0.151 e. The highest BCUT2D eigenvalue weighted by atomic mass is 16.6. The molecule has 0 saturated carbocycles. The van der Waals surface area contributed by atoms with Crippen LogP contribution in [0.2, 0.25) is 0 Å². The van der Waals surface area contributed by atoms with E-state index in [1.165, 1.54) is 0 Å². The second-order valence-electron chi connectivity index (χ2n) is 3.29. The first-order chi connectivity index (χ1) is 7.04. The molecule has 0 spiro atoms. The number of hydrogen-bond acceptors (Lipinski definition) is 4. The standard InChI is InChI=1S/C6H14O2.C5H12O2/c1-3-4-5-8-6(2)7;1-3-4-7-5(2)6/h6-7H,3-5H2,1-2H3;5-6H,3-4H2,1-2H3. The van der Waals surface area contributed by atoms with Crippen molar-refractivity contribution in [3.8, 4) is 0 Å². The summed E-state index contributed by atoms with van der Waals surface area (Å²) in [4.78, 5) is 0. The normalized spacial score (nSPS) is 14.0. The molecular weight excluding hydrogens is 196 g/mol. The van der Waals surface area contributed by atoms with Crippen LogP contribution in [0.4, 0.5) is 0 Å². The van der Waals surface area contributed by atoms with Gasteiger partial charge in [-0.2, -0.15) is 0 Å². The lowest BCUT2D eigenvalue weighted by Gasteiger charge is -2.03. The van der Waals surface area contributed by atoms with Crippen molar-refractivity contribution in [3.63, 3.8) is 0 Å². The molecule has 0 amide bonds. The Hall–Kier alpha value is -0.160. The van der Waals surface area contributed by atoms with E-state index in [-0.39, 0.29) is 0 Å². The molecule has 0 aromatic carbocycles. The van der Waals surface area contributed by atoms with Crippen molar-refractivity contribution in [2.24, 2.45) is 0 Å². The average Bonchev–Trinajstić information content (AvgIpc) is 2.15. The molecule has 0 fully saturated rings. The average molecular weight is 222 g/mol. The summed E-state index contributed by atoms with van der Waals surface area (Å²) < 4.78 is 9.58. The molecule has 0 saturated heterocycles. The van der Waals surface area contributed by atoms with Gasteiger partial charge in [0, 0.05) is 13.2 Å². The maximum atomic E-state index is 8.56. The number of rotatable bonds is 7. The number of ether oxygens (including phenoxy) is 2. The molecule has 0 aliphatic carbocycles. The highest BCUT2D eigenvalue weighted by Crippen LogP contribution is 1.90. The van der Waals surface area contributed by atoms with E-state index in [0.29, 0.717) is 13.2 Å². The molecule has 2 unspecified atom stereocenters. The van der Waals surface area contributed by atoms with Gasteiger partial charge in [-0.15, -0.1) is 0 Å². The third-order valence-electron chi connectivity index (χ3n) is 1.42. The zero-order valence-corrected chi connectivity index (χ0v) is 10.4. The predicted octanol–water partition coefficient (Wildman–Crippen LogP) is 1.89. The van der Waals surface area contributed by atoms with Gasteiger partial charge in [-0.1, -0.05) is 20.3 Å². The zero-order valence-electron chi connectivity index (χ0n) is 10.4. The Morgan fingerprint density at radius 2 is 1.33 bits per heavy atom. The largest absolute Gasteiger partial charge is 0.368 e. The topological polar surface area (TPSA) is 58.9 Å². The fourth-order valence-electron chi connectivity index (χ4n) is 0.687. The molecule has 0 heterocycles. The lowest BCUT2D eigenvalue weighted by Crippen LogP contribution is -2.06. The zero-order chi connectivity index (χ0) is 12.1. The minimum atomic E-state index is -0.597. The van der Waals surface area contributed by atoms with E-state index >= 15 is 0 Å². The summed E-state index contributed by atoms with van der Waals surface area (Å²) in [5.41, 5.74) is 0. The molecule has 0 rings (SSSR count). The van der Waals surface area contributed by atoms with Crippen molar-refractivity contribution in [1.82, 2.24) is 0 Å². The van der Waals surface area contributed by atoms with Gasteiger partial charge in [0.15, 0.2) is 12.6 Å². The van der Waals surface area contributed by atoms with E-state index < -0.39 is 12.6 Å². The number of unbranched alkanes of at least 4 members (excludes halogenated alkanes) is 1. The first-order valence-electron chi connectivity index (χ1n) is 5.63. The summed E-state index contributed by atoms with van der Waals surface area (Å²) in [5.74, 6) is 0. The van der Waals surface area contributed by atoms with Gasteiger partial charge in [-0.05, 0) is 26.7 Å². The molecule has 15 heavy (non-hydrogen) atoms. The third kappa shape index (κ3) is 24.8. The van der Waals surface area contributed by atoms with E-state index in [9.17, 15) is 0 Å². The molecule has 0 aliphatic heterocycles. The van der Waals surface area contributed by atoms with Gasteiger partial charge in [0.1, 0.15) is 0 Å². The Labute approximate surface area is 93.2 Å². The molecule has 4 heteroatoms. The minimum Gasteiger partial charge on any atom is -0.368 e. The van der Waals surface area contributed by atoms with Crippen molar-refractivity contribution in [2.75, 3.05) is 13.2 Å². The molecule has 2 atom stereocenters. The fourth-order valence-corrected chi connectivity index (χ4v) is 0.687. The fraction of sp³-hybridized carbons (Fsp3) is 1.00. The van der Waals surface area contributed by atoms with Crippen LogP contribution in [-0.2, 0) is 9.47 Å². The van der Waals surface area contributed by atoms with Gasteiger partial charge in [0.25, 0.3) is 0 Å². The van der Waals surface area contributed by atoms with Crippen LogP contribution in [0.15, 0.2) is 0 Å². The minimum absolute atomic E-state index is 0.596.